The van der Waals surface area contributed by atoms with Gasteiger partial charge in [0.05, 0.1) is 12.0 Å². The van der Waals surface area contributed by atoms with E-state index in [0.29, 0.717) is 0 Å². The zero-order chi connectivity index (χ0) is 11.4. The Morgan fingerprint density at radius 3 is 2.60 bits per heavy atom. The van der Waals surface area contributed by atoms with Gasteiger partial charge in [0.2, 0.25) is 5.91 Å². The highest BCUT2D eigenvalue weighted by molar-refractivity contribution is 5.83. The molecular formula is C10H18N2O3. The Kier molecular flexibility index (Phi) is 4.08. The first-order valence-electron chi connectivity index (χ1n) is 5.29. The molecule has 3 N–H and O–H groups in total. The Morgan fingerprint density at radius 1 is 1.47 bits per heavy atom. The van der Waals surface area contributed by atoms with Crippen molar-refractivity contribution in [3.63, 3.8) is 0 Å². The number of amides is 1. The lowest BCUT2D eigenvalue weighted by atomic mass is 10.0. The first-order chi connectivity index (χ1) is 7.02. The van der Waals surface area contributed by atoms with Crippen molar-refractivity contribution in [2.24, 2.45) is 5.92 Å². The first-order valence-corrected chi connectivity index (χ1v) is 5.29. The molecule has 1 aliphatic rings. The van der Waals surface area contributed by atoms with Crippen LogP contribution in [0.5, 0.6) is 0 Å². The molecule has 0 spiro atoms. The van der Waals surface area contributed by atoms with Crippen LogP contribution in [0.15, 0.2) is 0 Å². The second-order valence-electron chi connectivity index (χ2n) is 4.07. The minimum absolute atomic E-state index is 0.0897. The van der Waals surface area contributed by atoms with Gasteiger partial charge in [-0.1, -0.05) is 0 Å². The zero-order valence-corrected chi connectivity index (χ0v) is 9.12. The van der Waals surface area contributed by atoms with E-state index in [9.17, 15) is 9.59 Å². The van der Waals surface area contributed by atoms with Crippen LogP contribution in [0.4, 0.5) is 0 Å². The number of rotatable bonds is 4. The van der Waals surface area contributed by atoms with Gasteiger partial charge in [0.1, 0.15) is 0 Å². The number of carboxylic acid groups (broad SMARTS) is 1. The number of carbonyl (C=O) groups excluding carboxylic acids is 1. The minimum atomic E-state index is -0.887. The number of carbonyl (C=O) groups is 2. The van der Waals surface area contributed by atoms with Crippen LogP contribution in [0.3, 0.4) is 0 Å². The van der Waals surface area contributed by atoms with E-state index < -0.39 is 11.9 Å². The molecule has 0 bridgehead atoms. The summed E-state index contributed by atoms with van der Waals surface area (Å²) in [6, 6.07) is -0.481. The van der Waals surface area contributed by atoms with E-state index in [0.717, 1.165) is 19.4 Å². The largest absolute Gasteiger partial charge is 0.481 e. The fourth-order valence-electron chi connectivity index (χ4n) is 1.57. The normalized spacial score (nSPS) is 24.5. The highest BCUT2D eigenvalue weighted by Crippen LogP contribution is 2.07. The number of hydrogen-bond acceptors (Lipinski definition) is 3. The van der Waals surface area contributed by atoms with Crippen molar-refractivity contribution in [2.45, 2.75) is 38.8 Å². The summed E-state index contributed by atoms with van der Waals surface area (Å²) < 4.78 is 0. The SMILES string of the molecule is CC(NC(=O)[C@@H]1CCCN1)C(C)C(=O)O. The van der Waals surface area contributed by atoms with E-state index >= 15 is 0 Å². The fourth-order valence-corrected chi connectivity index (χ4v) is 1.57. The molecule has 15 heavy (non-hydrogen) atoms. The molecule has 0 radical (unpaired) electrons. The molecule has 5 heteroatoms. The Morgan fingerprint density at radius 2 is 2.13 bits per heavy atom. The molecule has 0 aliphatic carbocycles. The van der Waals surface area contributed by atoms with Crippen LogP contribution in [-0.4, -0.2) is 35.6 Å². The van der Waals surface area contributed by atoms with Gasteiger partial charge in [0, 0.05) is 6.04 Å². The molecule has 0 aromatic carbocycles. The Bertz CT molecular complexity index is 249. The molecule has 86 valence electrons. The standard InChI is InChI=1S/C10H18N2O3/c1-6(10(14)15)7(2)12-9(13)8-4-3-5-11-8/h6-8,11H,3-5H2,1-2H3,(H,12,13)(H,14,15)/t6?,7?,8-/m0/s1. The van der Waals surface area contributed by atoms with Gasteiger partial charge in [-0.3, -0.25) is 9.59 Å². The number of carboxylic acids is 1. The topological polar surface area (TPSA) is 78.4 Å². The van der Waals surface area contributed by atoms with Crippen molar-refractivity contribution in [2.75, 3.05) is 6.54 Å². The minimum Gasteiger partial charge on any atom is -0.481 e. The average molecular weight is 214 g/mol. The third-order valence-corrected chi connectivity index (χ3v) is 2.89. The highest BCUT2D eigenvalue weighted by Gasteiger charge is 2.26. The van der Waals surface area contributed by atoms with E-state index in [1.807, 2.05) is 0 Å². The van der Waals surface area contributed by atoms with Crippen molar-refractivity contribution in [1.29, 1.82) is 0 Å². The van der Waals surface area contributed by atoms with Crippen molar-refractivity contribution in [1.82, 2.24) is 10.6 Å². The smallest absolute Gasteiger partial charge is 0.308 e. The predicted molar refractivity (Wildman–Crippen MR) is 55.4 cm³/mol. The van der Waals surface area contributed by atoms with Crippen LogP contribution in [-0.2, 0) is 9.59 Å². The van der Waals surface area contributed by atoms with Gasteiger partial charge >= 0.3 is 5.97 Å². The van der Waals surface area contributed by atoms with E-state index in [4.69, 9.17) is 5.11 Å². The molecular weight excluding hydrogens is 196 g/mol. The maximum atomic E-state index is 11.6. The molecule has 1 heterocycles. The molecule has 1 rings (SSSR count). The van der Waals surface area contributed by atoms with Gasteiger partial charge in [-0.15, -0.1) is 0 Å². The average Bonchev–Trinajstić information content (AvgIpc) is 2.68. The van der Waals surface area contributed by atoms with Gasteiger partial charge in [0.25, 0.3) is 0 Å². The second-order valence-corrected chi connectivity index (χ2v) is 4.07. The maximum Gasteiger partial charge on any atom is 0.308 e. The quantitative estimate of drug-likeness (QED) is 0.614. The molecule has 0 aromatic rings. The molecule has 1 saturated heterocycles. The Hall–Kier alpha value is -1.10. The van der Waals surface area contributed by atoms with Gasteiger partial charge in [0.15, 0.2) is 0 Å². The van der Waals surface area contributed by atoms with E-state index in [1.54, 1.807) is 13.8 Å². The summed E-state index contributed by atoms with van der Waals surface area (Å²) in [6.07, 6.45) is 1.83. The Labute approximate surface area is 89.2 Å². The summed E-state index contributed by atoms with van der Waals surface area (Å²) >= 11 is 0. The molecule has 1 amide bonds. The predicted octanol–water partition coefficient (Wildman–Crippen LogP) is -0.0362. The first kappa shape index (κ1) is 12.0. The molecule has 2 unspecified atom stereocenters. The third-order valence-electron chi connectivity index (χ3n) is 2.89. The fraction of sp³-hybridized carbons (Fsp3) is 0.800. The lowest BCUT2D eigenvalue weighted by Crippen LogP contribution is -2.47. The molecule has 0 saturated carbocycles. The summed E-state index contributed by atoms with van der Waals surface area (Å²) in [4.78, 5) is 22.3. The van der Waals surface area contributed by atoms with Gasteiger partial charge in [-0.05, 0) is 33.2 Å². The van der Waals surface area contributed by atoms with Crippen LogP contribution in [0, 0.1) is 5.92 Å². The molecule has 0 aromatic heterocycles. The zero-order valence-electron chi connectivity index (χ0n) is 9.12. The summed E-state index contributed by atoms with van der Waals surface area (Å²) in [6.45, 7) is 4.17. The van der Waals surface area contributed by atoms with Crippen LogP contribution in [0.25, 0.3) is 0 Å². The maximum absolute atomic E-state index is 11.6. The highest BCUT2D eigenvalue weighted by atomic mass is 16.4. The monoisotopic (exact) mass is 214 g/mol. The van der Waals surface area contributed by atoms with Crippen molar-refractivity contribution in [3.8, 4) is 0 Å². The number of hydrogen-bond donors (Lipinski definition) is 3. The van der Waals surface area contributed by atoms with Gasteiger partial charge in [-0.2, -0.15) is 0 Å². The van der Waals surface area contributed by atoms with Crippen LogP contribution < -0.4 is 10.6 Å². The lowest BCUT2D eigenvalue weighted by Gasteiger charge is -2.20. The van der Waals surface area contributed by atoms with Crippen molar-refractivity contribution < 1.29 is 14.7 Å². The molecule has 1 aliphatic heterocycles. The van der Waals surface area contributed by atoms with Crippen LogP contribution in [0.1, 0.15) is 26.7 Å². The molecule has 5 nitrogen and oxygen atoms in total. The van der Waals surface area contributed by atoms with E-state index in [2.05, 4.69) is 10.6 Å². The summed E-state index contributed by atoms with van der Waals surface area (Å²) in [7, 11) is 0. The second kappa shape index (κ2) is 5.11. The summed E-state index contributed by atoms with van der Waals surface area (Å²) in [5.74, 6) is -1.54. The van der Waals surface area contributed by atoms with Crippen LogP contribution in [0.2, 0.25) is 0 Å². The third kappa shape index (κ3) is 3.20. The van der Waals surface area contributed by atoms with Gasteiger partial charge < -0.3 is 15.7 Å². The Balaban J connectivity index is 2.39. The summed E-state index contributed by atoms with van der Waals surface area (Å²) in [5.41, 5.74) is 0. The lowest BCUT2D eigenvalue weighted by molar-refractivity contribution is -0.142. The number of aliphatic carboxylic acids is 1. The number of nitrogens with one attached hydrogen (secondary N) is 2. The van der Waals surface area contributed by atoms with Crippen molar-refractivity contribution >= 4 is 11.9 Å². The van der Waals surface area contributed by atoms with E-state index in [1.165, 1.54) is 0 Å². The molecule has 3 atom stereocenters. The summed E-state index contributed by atoms with van der Waals surface area (Å²) in [5, 5.41) is 14.6. The van der Waals surface area contributed by atoms with Crippen LogP contribution >= 0.6 is 0 Å². The van der Waals surface area contributed by atoms with Gasteiger partial charge in [-0.25, -0.2) is 0 Å². The van der Waals surface area contributed by atoms with Crippen molar-refractivity contribution in [3.05, 3.63) is 0 Å². The molecule has 1 fully saturated rings. The van der Waals surface area contributed by atoms with E-state index in [-0.39, 0.29) is 18.0 Å².